The van der Waals surface area contributed by atoms with E-state index in [0.717, 1.165) is 25.4 Å². The minimum Gasteiger partial charge on any atom is -0.379 e. The summed E-state index contributed by atoms with van der Waals surface area (Å²) in [6.45, 7) is 2.75. The highest BCUT2D eigenvalue weighted by atomic mass is 16.5. The monoisotopic (exact) mass is 316 g/mol. The summed E-state index contributed by atoms with van der Waals surface area (Å²) in [5, 5.41) is 5.96. The van der Waals surface area contributed by atoms with E-state index in [0.29, 0.717) is 19.7 Å². The van der Waals surface area contributed by atoms with E-state index in [-0.39, 0.29) is 11.4 Å². The Bertz CT molecular complexity index is 493. The summed E-state index contributed by atoms with van der Waals surface area (Å²) in [4.78, 5) is 12.0. The smallest absolute Gasteiger partial charge is 0.314 e. The molecule has 2 amide bonds. The van der Waals surface area contributed by atoms with Gasteiger partial charge < -0.3 is 15.4 Å². The van der Waals surface area contributed by atoms with Crippen LogP contribution in [0.5, 0.6) is 0 Å². The Hall–Kier alpha value is -1.55. The van der Waals surface area contributed by atoms with Crippen molar-refractivity contribution in [3.63, 3.8) is 0 Å². The van der Waals surface area contributed by atoms with E-state index < -0.39 is 0 Å². The van der Waals surface area contributed by atoms with Crippen LogP contribution in [-0.4, -0.2) is 32.3 Å². The SMILES string of the molecule is O=C(NCCOCC1CC1)NCC1(c2ccccc2)CCCC1. The van der Waals surface area contributed by atoms with Crippen molar-refractivity contribution in [3.05, 3.63) is 35.9 Å². The number of rotatable bonds is 8. The lowest BCUT2D eigenvalue weighted by atomic mass is 9.79. The normalized spacial score (nSPS) is 19.5. The molecule has 0 bridgehead atoms. The number of urea groups is 1. The lowest BCUT2D eigenvalue weighted by Crippen LogP contribution is -2.44. The first kappa shape index (κ1) is 16.3. The summed E-state index contributed by atoms with van der Waals surface area (Å²) >= 11 is 0. The lowest BCUT2D eigenvalue weighted by Gasteiger charge is -2.30. The minimum atomic E-state index is -0.0813. The summed E-state index contributed by atoms with van der Waals surface area (Å²) < 4.78 is 5.53. The number of carbonyl (C=O) groups excluding carboxylic acids is 1. The molecule has 0 unspecified atom stereocenters. The van der Waals surface area contributed by atoms with Crippen LogP contribution in [0.4, 0.5) is 4.79 Å². The molecular formula is C19H28N2O2. The second-order valence-electron chi connectivity index (χ2n) is 6.98. The van der Waals surface area contributed by atoms with Gasteiger partial charge in [-0.3, -0.25) is 0 Å². The number of benzene rings is 1. The molecule has 2 aliphatic rings. The summed E-state index contributed by atoms with van der Waals surface area (Å²) in [7, 11) is 0. The lowest BCUT2D eigenvalue weighted by molar-refractivity contribution is 0.127. The van der Waals surface area contributed by atoms with Gasteiger partial charge in [-0.2, -0.15) is 0 Å². The van der Waals surface area contributed by atoms with Crippen LogP contribution in [0.3, 0.4) is 0 Å². The molecule has 2 N–H and O–H groups in total. The largest absolute Gasteiger partial charge is 0.379 e. The molecule has 1 aromatic rings. The fourth-order valence-electron chi connectivity index (χ4n) is 3.49. The standard InChI is InChI=1S/C19H28N2O2/c22-18(20-12-13-23-14-16-8-9-16)21-15-19(10-4-5-11-19)17-6-2-1-3-7-17/h1-3,6-7,16H,4-5,8-15H2,(H2,20,21,22). The summed E-state index contributed by atoms with van der Waals surface area (Å²) in [6.07, 6.45) is 7.40. The number of ether oxygens (including phenoxy) is 1. The molecule has 0 aromatic heterocycles. The van der Waals surface area contributed by atoms with Gasteiger partial charge in [-0.05, 0) is 37.2 Å². The molecule has 4 nitrogen and oxygen atoms in total. The quantitative estimate of drug-likeness (QED) is 0.724. The van der Waals surface area contributed by atoms with Crippen molar-refractivity contribution < 1.29 is 9.53 Å². The summed E-state index contributed by atoms with van der Waals surface area (Å²) in [5.74, 6) is 0.775. The second-order valence-corrected chi connectivity index (χ2v) is 6.98. The van der Waals surface area contributed by atoms with Crippen LogP contribution in [0.25, 0.3) is 0 Å². The van der Waals surface area contributed by atoms with Crippen molar-refractivity contribution in [2.45, 2.75) is 43.9 Å². The Morgan fingerprint density at radius 3 is 2.57 bits per heavy atom. The molecule has 1 aromatic carbocycles. The van der Waals surface area contributed by atoms with Crippen LogP contribution >= 0.6 is 0 Å². The molecular weight excluding hydrogens is 288 g/mol. The van der Waals surface area contributed by atoms with Crippen LogP contribution in [-0.2, 0) is 10.2 Å². The zero-order valence-electron chi connectivity index (χ0n) is 13.9. The highest BCUT2D eigenvalue weighted by molar-refractivity contribution is 5.74. The molecule has 0 heterocycles. The van der Waals surface area contributed by atoms with Crippen LogP contribution in [0.2, 0.25) is 0 Å². The van der Waals surface area contributed by atoms with Crippen LogP contribution in [0, 0.1) is 5.92 Å². The fraction of sp³-hybridized carbons (Fsp3) is 0.632. The zero-order chi connectivity index (χ0) is 16.0. The highest BCUT2D eigenvalue weighted by Gasteiger charge is 2.35. The van der Waals surface area contributed by atoms with Gasteiger partial charge in [-0.25, -0.2) is 4.79 Å². The molecule has 0 aliphatic heterocycles. The predicted molar refractivity (Wildman–Crippen MR) is 91.5 cm³/mol. The molecule has 0 saturated heterocycles. The molecule has 2 aliphatic carbocycles. The molecule has 0 atom stereocenters. The summed E-state index contributed by atoms with van der Waals surface area (Å²) in [6, 6.07) is 10.5. The highest BCUT2D eigenvalue weighted by Crippen LogP contribution is 2.40. The van der Waals surface area contributed by atoms with Crippen LogP contribution in [0.1, 0.15) is 44.1 Å². The van der Waals surface area contributed by atoms with E-state index in [4.69, 9.17) is 4.74 Å². The van der Waals surface area contributed by atoms with E-state index in [2.05, 4.69) is 34.9 Å². The summed E-state index contributed by atoms with van der Waals surface area (Å²) in [5.41, 5.74) is 1.46. The third-order valence-electron chi connectivity index (χ3n) is 5.12. The van der Waals surface area contributed by atoms with Gasteiger partial charge in [0.15, 0.2) is 0 Å². The van der Waals surface area contributed by atoms with Crippen LogP contribution in [0.15, 0.2) is 30.3 Å². The molecule has 0 radical (unpaired) electrons. The fourth-order valence-corrected chi connectivity index (χ4v) is 3.49. The van der Waals surface area contributed by atoms with Gasteiger partial charge in [0.25, 0.3) is 0 Å². The van der Waals surface area contributed by atoms with Gasteiger partial charge in [0.2, 0.25) is 0 Å². The van der Waals surface area contributed by atoms with Crippen molar-refractivity contribution >= 4 is 6.03 Å². The maximum atomic E-state index is 12.0. The maximum Gasteiger partial charge on any atom is 0.314 e. The molecule has 2 saturated carbocycles. The Kier molecular flexibility index (Phi) is 5.55. The van der Waals surface area contributed by atoms with Crippen LogP contribution < -0.4 is 10.6 Å². The second kappa shape index (κ2) is 7.82. The van der Waals surface area contributed by atoms with Crippen molar-refractivity contribution in [2.24, 2.45) is 5.92 Å². The molecule has 2 fully saturated rings. The number of hydrogen-bond donors (Lipinski definition) is 2. The Balaban J connectivity index is 1.40. The number of hydrogen-bond acceptors (Lipinski definition) is 2. The van der Waals surface area contributed by atoms with Gasteiger partial charge in [-0.15, -0.1) is 0 Å². The Labute approximate surface area is 139 Å². The minimum absolute atomic E-state index is 0.0813. The Morgan fingerprint density at radius 1 is 1.13 bits per heavy atom. The average molecular weight is 316 g/mol. The van der Waals surface area contributed by atoms with Gasteiger partial charge >= 0.3 is 6.03 Å². The van der Waals surface area contributed by atoms with E-state index in [9.17, 15) is 4.79 Å². The van der Waals surface area contributed by atoms with Crippen molar-refractivity contribution in [1.29, 1.82) is 0 Å². The van der Waals surface area contributed by atoms with Gasteiger partial charge in [0.05, 0.1) is 6.61 Å². The average Bonchev–Trinajstić information content (AvgIpc) is 3.29. The number of carbonyl (C=O) groups is 1. The van der Waals surface area contributed by atoms with Crippen molar-refractivity contribution in [3.8, 4) is 0 Å². The van der Waals surface area contributed by atoms with E-state index in [1.807, 2.05) is 6.07 Å². The van der Waals surface area contributed by atoms with Crippen molar-refractivity contribution in [2.75, 3.05) is 26.3 Å². The van der Waals surface area contributed by atoms with E-state index in [1.54, 1.807) is 0 Å². The van der Waals surface area contributed by atoms with Crippen molar-refractivity contribution in [1.82, 2.24) is 10.6 Å². The third kappa shape index (κ3) is 4.71. The van der Waals surface area contributed by atoms with E-state index >= 15 is 0 Å². The molecule has 23 heavy (non-hydrogen) atoms. The topological polar surface area (TPSA) is 50.4 Å². The predicted octanol–water partition coefficient (Wildman–Crippen LogP) is 3.22. The molecule has 3 rings (SSSR count). The first-order valence-corrected chi connectivity index (χ1v) is 8.93. The van der Waals surface area contributed by atoms with Gasteiger partial charge in [0, 0.05) is 25.1 Å². The number of amides is 2. The third-order valence-corrected chi connectivity index (χ3v) is 5.12. The van der Waals surface area contributed by atoms with Gasteiger partial charge in [-0.1, -0.05) is 43.2 Å². The molecule has 126 valence electrons. The number of nitrogens with one attached hydrogen (secondary N) is 2. The molecule has 4 heteroatoms. The Morgan fingerprint density at radius 2 is 1.87 bits per heavy atom. The first-order valence-electron chi connectivity index (χ1n) is 8.93. The first-order chi connectivity index (χ1) is 11.3. The maximum absolute atomic E-state index is 12.0. The zero-order valence-corrected chi connectivity index (χ0v) is 13.9. The van der Waals surface area contributed by atoms with Gasteiger partial charge in [0.1, 0.15) is 0 Å². The molecule has 0 spiro atoms. The van der Waals surface area contributed by atoms with E-state index in [1.165, 1.54) is 31.2 Å².